The lowest BCUT2D eigenvalue weighted by Gasteiger charge is -2.31. The molecule has 3 heterocycles. The van der Waals surface area contributed by atoms with Gasteiger partial charge < -0.3 is 18.8 Å². The van der Waals surface area contributed by atoms with Crippen LogP contribution in [-0.2, 0) is 0 Å². The first-order chi connectivity index (χ1) is 11.2. The van der Waals surface area contributed by atoms with E-state index in [1.165, 1.54) is 0 Å². The molecule has 1 N–H and O–H groups in total. The van der Waals surface area contributed by atoms with Crippen molar-refractivity contribution in [1.29, 1.82) is 0 Å². The monoisotopic (exact) mass is 317 g/mol. The van der Waals surface area contributed by atoms with Crippen molar-refractivity contribution >= 4 is 5.91 Å². The Labute approximate surface area is 135 Å². The van der Waals surface area contributed by atoms with E-state index in [1.54, 1.807) is 37.6 Å². The van der Waals surface area contributed by atoms with Gasteiger partial charge in [0.2, 0.25) is 0 Å². The molecule has 2 aromatic rings. The summed E-state index contributed by atoms with van der Waals surface area (Å²) in [6.45, 7) is 2.52. The molecule has 2 aromatic heterocycles. The summed E-state index contributed by atoms with van der Waals surface area (Å²) in [7, 11) is 0. The summed E-state index contributed by atoms with van der Waals surface area (Å²) in [6, 6.07) is 5.28. The average molecular weight is 317 g/mol. The molecular formula is C18H23NO4. The van der Waals surface area contributed by atoms with Crippen molar-refractivity contribution in [3.8, 4) is 0 Å². The first kappa shape index (κ1) is 15.9. The molecule has 23 heavy (non-hydrogen) atoms. The van der Waals surface area contributed by atoms with Crippen molar-refractivity contribution in [2.45, 2.75) is 51.2 Å². The molecule has 5 heteroatoms. The predicted octanol–water partition coefficient (Wildman–Crippen LogP) is 3.69. The lowest BCUT2D eigenvalue weighted by molar-refractivity contribution is 0.0556. The molecular weight excluding hydrogens is 294 g/mol. The van der Waals surface area contributed by atoms with Crippen LogP contribution in [0.4, 0.5) is 0 Å². The number of aliphatic hydroxyl groups is 1. The topological polar surface area (TPSA) is 66.8 Å². The smallest absolute Gasteiger partial charge is 0.257 e. The average Bonchev–Trinajstić information content (AvgIpc) is 3.16. The number of amides is 1. The molecule has 3 rings (SSSR count). The fraction of sp³-hybridized carbons (Fsp3) is 0.500. The van der Waals surface area contributed by atoms with E-state index in [-0.39, 0.29) is 11.9 Å². The van der Waals surface area contributed by atoms with E-state index in [0.717, 1.165) is 32.2 Å². The molecule has 1 saturated heterocycles. The van der Waals surface area contributed by atoms with Crippen LogP contribution < -0.4 is 0 Å². The molecule has 1 fully saturated rings. The van der Waals surface area contributed by atoms with Gasteiger partial charge in [0.25, 0.3) is 5.91 Å². The fourth-order valence-electron chi connectivity index (χ4n) is 3.31. The summed E-state index contributed by atoms with van der Waals surface area (Å²) in [6.07, 6.45) is 7.00. The van der Waals surface area contributed by atoms with Crippen LogP contribution in [0, 0.1) is 6.92 Å². The van der Waals surface area contributed by atoms with Crippen molar-refractivity contribution in [3.05, 3.63) is 47.8 Å². The third-order valence-electron chi connectivity index (χ3n) is 4.59. The molecule has 0 radical (unpaired) electrons. The maximum atomic E-state index is 12.9. The van der Waals surface area contributed by atoms with E-state index in [0.29, 0.717) is 23.5 Å². The van der Waals surface area contributed by atoms with Gasteiger partial charge in [0.05, 0.1) is 18.1 Å². The predicted molar refractivity (Wildman–Crippen MR) is 85.0 cm³/mol. The van der Waals surface area contributed by atoms with Gasteiger partial charge in [-0.3, -0.25) is 4.79 Å². The fourth-order valence-corrected chi connectivity index (χ4v) is 3.31. The molecule has 0 spiro atoms. The Morgan fingerprint density at radius 3 is 2.87 bits per heavy atom. The number of hydrogen-bond acceptors (Lipinski definition) is 4. The van der Waals surface area contributed by atoms with E-state index < -0.39 is 6.10 Å². The summed E-state index contributed by atoms with van der Waals surface area (Å²) < 4.78 is 10.6. The molecule has 0 saturated carbocycles. The first-order valence-corrected chi connectivity index (χ1v) is 8.23. The standard InChI is InChI=1S/C18H23NO4/c1-13-15(8-11-22-13)18(21)19-9-4-2-3-6-14(19)12-16(20)17-7-5-10-23-17/h5,7-8,10-11,14,16,20H,2-4,6,9,12H2,1H3/t14-,16-/m0/s1. The van der Waals surface area contributed by atoms with Gasteiger partial charge in [-0.25, -0.2) is 0 Å². The van der Waals surface area contributed by atoms with E-state index in [4.69, 9.17) is 8.83 Å². The number of carbonyl (C=O) groups excluding carboxylic acids is 1. The molecule has 0 aromatic carbocycles. The molecule has 5 nitrogen and oxygen atoms in total. The number of furan rings is 2. The Hall–Kier alpha value is -2.01. The van der Waals surface area contributed by atoms with Gasteiger partial charge >= 0.3 is 0 Å². The molecule has 0 bridgehead atoms. The Bertz CT molecular complexity index is 631. The highest BCUT2D eigenvalue weighted by Crippen LogP contribution is 2.28. The van der Waals surface area contributed by atoms with Crippen LogP contribution in [0.25, 0.3) is 0 Å². The molecule has 0 unspecified atom stereocenters. The second-order valence-corrected chi connectivity index (χ2v) is 6.16. The third kappa shape index (κ3) is 3.50. The highest BCUT2D eigenvalue weighted by Gasteiger charge is 2.30. The van der Waals surface area contributed by atoms with Gasteiger partial charge in [-0.15, -0.1) is 0 Å². The third-order valence-corrected chi connectivity index (χ3v) is 4.59. The normalized spacial score (nSPS) is 20.3. The van der Waals surface area contributed by atoms with Gasteiger partial charge in [0, 0.05) is 19.0 Å². The van der Waals surface area contributed by atoms with Crippen LogP contribution in [0.5, 0.6) is 0 Å². The van der Waals surface area contributed by atoms with Gasteiger partial charge in [-0.2, -0.15) is 0 Å². The summed E-state index contributed by atoms with van der Waals surface area (Å²) in [5, 5.41) is 10.4. The summed E-state index contributed by atoms with van der Waals surface area (Å²) in [5.74, 6) is 1.19. The minimum atomic E-state index is -0.686. The summed E-state index contributed by atoms with van der Waals surface area (Å²) in [4.78, 5) is 14.8. The van der Waals surface area contributed by atoms with Gasteiger partial charge in [0.1, 0.15) is 17.6 Å². The summed E-state index contributed by atoms with van der Waals surface area (Å²) in [5.41, 5.74) is 0.615. The van der Waals surface area contributed by atoms with Gasteiger partial charge in [-0.05, 0) is 38.0 Å². The second-order valence-electron chi connectivity index (χ2n) is 6.16. The zero-order chi connectivity index (χ0) is 16.2. The lowest BCUT2D eigenvalue weighted by atomic mass is 10.0. The van der Waals surface area contributed by atoms with Gasteiger partial charge in [0.15, 0.2) is 0 Å². The maximum absolute atomic E-state index is 12.9. The second kappa shape index (κ2) is 7.04. The van der Waals surface area contributed by atoms with Crippen molar-refractivity contribution in [2.24, 2.45) is 0 Å². The van der Waals surface area contributed by atoms with Crippen molar-refractivity contribution in [1.82, 2.24) is 4.90 Å². The first-order valence-electron chi connectivity index (χ1n) is 8.23. The zero-order valence-corrected chi connectivity index (χ0v) is 13.4. The van der Waals surface area contributed by atoms with Crippen LogP contribution in [0.15, 0.2) is 39.6 Å². The van der Waals surface area contributed by atoms with E-state index >= 15 is 0 Å². The van der Waals surface area contributed by atoms with E-state index in [9.17, 15) is 9.90 Å². The minimum absolute atomic E-state index is 0.00482. The van der Waals surface area contributed by atoms with Crippen molar-refractivity contribution in [2.75, 3.05) is 6.54 Å². The van der Waals surface area contributed by atoms with Crippen LogP contribution in [0.1, 0.15) is 60.1 Å². The van der Waals surface area contributed by atoms with Crippen LogP contribution in [0.3, 0.4) is 0 Å². The highest BCUT2D eigenvalue weighted by molar-refractivity contribution is 5.95. The van der Waals surface area contributed by atoms with E-state index in [2.05, 4.69) is 0 Å². The Morgan fingerprint density at radius 1 is 1.30 bits per heavy atom. The molecule has 124 valence electrons. The Kier molecular flexibility index (Phi) is 4.86. The SMILES string of the molecule is Cc1occc1C(=O)N1CCCCC[C@H]1C[C@H](O)c1ccco1. The lowest BCUT2D eigenvalue weighted by Crippen LogP contribution is -2.41. The highest BCUT2D eigenvalue weighted by atomic mass is 16.4. The number of nitrogens with zero attached hydrogens (tertiary/aromatic N) is 1. The summed E-state index contributed by atoms with van der Waals surface area (Å²) >= 11 is 0. The van der Waals surface area contributed by atoms with Crippen LogP contribution in [-0.4, -0.2) is 28.5 Å². The Balaban J connectivity index is 1.77. The molecule has 1 aliphatic rings. The van der Waals surface area contributed by atoms with Crippen LogP contribution >= 0.6 is 0 Å². The molecule has 0 aliphatic carbocycles. The van der Waals surface area contributed by atoms with Gasteiger partial charge in [-0.1, -0.05) is 12.8 Å². The van der Waals surface area contributed by atoms with Crippen molar-refractivity contribution < 1.29 is 18.7 Å². The van der Waals surface area contributed by atoms with Crippen LogP contribution in [0.2, 0.25) is 0 Å². The number of rotatable bonds is 4. The maximum Gasteiger partial charge on any atom is 0.257 e. The van der Waals surface area contributed by atoms with E-state index in [1.807, 2.05) is 4.90 Å². The number of carbonyl (C=O) groups is 1. The van der Waals surface area contributed by atoms with Crippen molar-refractivity contribution in [3.63, 3.8) is 0 Å². The number of aryl methyl sites for hydroxylation is 1. The Morgan fingerprint density at radius 2 is 2.17 bits per heavy atom. The minimum Gasteiger partial charge on any atom is -0.469 e. The largest absolute Gasteiger partial charge is 0.469 e. The quantitative estimate of drug-likeness (QED) is 0.934. The number of hydrogen-bond donors (Lipinski definition) is 1. The molecule has 1 amide bonds. The number of aliphatic hydroxyl groups excluding tert-OH is 1. The molecule has 2 atom stereocenters. The zero-order valence-electron chi connectivity index (χ0n) is 13.4. The number of likely N-dealkylation sites (tertiary alicyclic amines) is 1. The molecule has 1 aliphatic heterocycles.